The Labute approximate surface area is 206 Å². The quantitative estimate of drug-likeness (QED) is 0.335. The Bertz CT molecular complexity index is 1400. The zero-order valence-corrected chi connectivity index (χ0v) is 20.6. The molecule has 4 aromatic rings. The van der Waals surface area contributed by atoms with Gasteiger partial charge in [0, 0.05) is 22.2 Å². The lowest BCUT2D eigenvalue weighted by molar-refractivity contribution is -0.0154. The van der Waals surface area contributed by atoms with Crippen molar-refractivity contribution in [1.29, 1.82) is 0 Å². The number of fused-ring (bicyclic) bond motifs is 3. The summed E-state index contributed by atoms with van der Waals surface area (Å²) < 4.78 is 12.3. The van der Waals surface area contributed by atoms with E-state index < -0.39 is 0 Å². The summed E-state index contributed by atoms with van der Waals surface area (Å²) in [6.45, 7) is 4.02. The van der Waals surface area contributed by atoms with Crippen LogP contribution in [0.25, 0.3) is 21.9 Å². The van der Waals surface area contributed by atoms with Crippen LogP contribution in [0.5, 0.6) is 0 Å². The van der Waals surface area contributed by atoms with Crippen molar-refractivity contribution in [2.45, 2.75) is 70.3 Å². The van der Waals surface area contributed by atoms with Crippen LogP contribution in [0.1, 0.15) is 72.9 Å². The van der Waals surface area contributed by atoms with E-state index >= 15 is 0 Å². The first-order valence-electron chi connectivity index (χ1n) is 13.3. The summed E-state index contributed by atoms with van der Waals surface area (Å²) >= 11 is 0. The van der Waals surface area contributed by atoms with Gasteiger partial charge in [-0.05, 0) is 106 Å². The van der Waals surface area contributed by atoms with Gasteiger partial charge in [0.15, 0.2) is 0 Å². The molecule has 0 spiro atoms. The number of carbonyl (C=O) groups excluding carboxylic acids is 1. The number of benzene rings is 2. The summed E-state index contributed by atoms with van der Waals surface area (Å²) in [4.78, 5) is 13.3. The van der Waals surface area contributed by atoms with E-state index in [1.165, 1.54) is 44.1 Å². The van der Waals surface area contributed by atoms with E-state index in [1.807, 2.05) is 31.2 Å². The molecule has 4 nitrogen and oxygen atoms in total. The molecule has 2 aromatic carbocycles. The van der Waals surface area contributed by atoms with Gasteiger partial charge in [-0.2, -0.15) is 0 Å². The van der Waals surface area contributed by atoms with E-state index in [4.69, 9.17) is 8.83 Å². The average Bonchev–Trinajstić information content (AvgIpc) is 3.39. The first kappa shape index (κ1) is 21.3. The van der Waals surface area contributed by atoms with Crippen molar-refractivity contribution in [3.63, 3.8) is 0 Å². The second-order valence-corrected chi connectivity index (χ2v) is 11.8. The molecule has 4 aliphatic carbocycles. The van der Waals surface area contributed by atoms with Gasteiger partial charge in [-0.15, -0.1) is 0 Å². The third-order valence-corrected chi connectivity index (χ3v) is 9.08. The Hall–Kier alpha value is -3.01. The largest absolute Gasteiger partial charge is 0.465 e. The SMILES string of the molecule is Cc1oc(C23CC4CC(CC(C4)C2)C3)cc1C(=O)N[C@@H](C)Cc1ccc2oc3ccccc3c2c1. The van der Waals surface area contributed by atoms with Crippen molar-refractivity contribution in [2.75, 3.05) is 0 Å². The molecule has 0 unspecified atom stereocenters. The lowest BCUT2D eigenvalue weighted by atomic mass is 9.49. The molecule has 1 amide bonds. The Kier molecular flexibility index (Phi) is 4.71. The molecule has 0 saturated heterocycles. The van der Waals surface area contributed by atoms with Crippen LogP contribution in [0.4, 0.5) is 0 Å². The molecular weight excluding hydrogens is 434 g/mol. The molecule has 0 aliphatic heterocycles. The number of hydrogen-bond acceptors (Lipinski definition) is 3. The minimum absolute atomic E-state index is 0.00964. The predicted octanol–water partition coefficient (Wildman–Crippen LogP) is 7.32. The van der Waals surface area contributed by atoms with Gasteiger partial charge in [0.25, 0.3) is 5.91 Å². The van der Waals surface area contributed by atoms with E-state index in [9.17, 15) is 4.79 Å². The first-order chi connectivity index (χ1) is 17.0. The van der Waals surface area contributed by atoms with Gasteiger partial charge in [0.2, 0.25) is 0 Å². The Morgan fingerprint density at radius 1 is 0.943 bits per heavy atom. The van der Waals surface area contributed by atoms with Crippen LogP contribution in [0.2, 0.25) is 0 Å². The van der Waals surface area contributed by atoms with Crippen LogP contribution in [0.15, 0.2) is 57.4 Å². The van der Waals surface area contributed by atoms with Gasteiger partial charge in [0.1, 0.15) is 22.7 Å². The van der Waals surface area contributed by atoms with Crippen molar-refractivity contribution in [3.8, 4) is 0 Å². The third kappa shape index (κ3) is 3.52. The molecule has 4 saturated carbocycles. The van der Waals surface area contributed by atoms with Crippen molar-refractivity contribution in [1.82, 2.24) is 5.32 Å². The molecule has 2 aromatic heterocycles. The maximum Gasteiger partial charge on any atom is 0.255 e. The van der Waals surface area contributed by atoms with E-state index in [2.05, 4.69) is 36.5 Å². The van der Waals surface area contributed by atoms with Crippen molar-refractivity contribution >= 4 is 27.8 Å². The lowest BCUT2D eigenvalue weighted by Crippen LogP contribution is -2.48. The topological polar surface area (TPSA) is 55.4 Å². The van der Waals surface area contributed by atoms with Crippen LogP contribution in [-0.4, -0.2) is 11.9 Å². The smallest absolute Gasteiger partial charge is 0.255 e. The predicted molar refractivity (Wildman–Crippen MR) is 138 cm³/mol. The maximum atomic E-state index is 13.3. The number of para-hydroxylation sites is 1. The number of carbonyl (C=O) groups is 1. The molecule has 0 radical (unpaired) electrons. The molecule has 35 heavy (non-hydrogen) atoms. The summed E-state index contributed by atoms with van der Waals surface area (Å²) in [5, 5.41) is 5.49. The Morgan fingerprint density at radius 2 is 1.63 bits per heavy atom. The van der Waals surface area contributed by atoms with Gasteiger partial charge in [-0.25, -0.2) is 0 Å². The number of nitrogens with one attached hydrogen (secondary N) is 1. The summed E-state index contributed by atoms with van der Waals surface area (Å²) in [7, 11) is 0. The molecule has 2 heterocycles. The standard InChI is InChI=1S/C31H33NO3/c1-18(9-20-7-8-28-26(13-20)24-5-3-4-6-27(24)35-28)32-30(33)25-14-29(34-19(25)2)31-15-21-10-22(16-31)12-23(11-21)17-31/h3-8,13-14,18,21-23H,9-12,15-17H2,1-2H3,(H,32,33)/t18-,21?,22?,23?,31?/m0/s1. The van der Waals surface area contributed by atoms with Gasteiger partial charge in [-0.1, -0.05) is 24.3 Å². The second-order valence-electron chi connectivity index (χ2n) is 11.8. The summed E-state index contributed by atoms with van der Waals surface area (Å²) in [5.74, 6) is 4.37. The number of rotatable bonds is 5. The molecule has 4 bridgehead atoms. The minimum Gasteiger partial charge on any atom is -0.465 e. The van der Waals surface area contributed by atoms with Crippen LogP contribution in [0.3, 0.4) is 0 Å². The Balaban J connectivity index is 1.08. The molecule has 4 fully saturated rings. The average molecular weight is 468 g/mol. The fraction of sp³-hybridized carbons (Fsp3) is 0.452. The molecular formula is C31H33NO3. The van der Waals surface area contributed by atoms with Crippen LogP contribution in [-0.2, 0) is 11.8 Å². The fourth-order valence-corrected chi connectivity index (χ4v) is 7.99. The first-order valence-corrected chi connectivity index (χ1v) is 13.3. The van der Waals surface area contributed by atoms with Gasteiger partial charge < -0.3 is 14.2 Å². The molecule has 4 aliphatic rings. The van der Waals surface area contributed by atoms with Crippen LogP contribution in [0, 0.1) is 24.7 Å². The van der Waals surface area contributed by atoms with Crippen molar-refractivity contribution in [3.05, 3.63) is 71.2 Å². The lowest BCUT2D eigenvalue weighted by Gasteiger charge is -2.55. The van der Waals surface area contributed by atoms with Crippen LogP contribution >= 0.6 is 0 Å². The molecule has 4 heteroatoms. The maximum absolute atomic E-state index is 13.3. The third-order valence-electron chi connectivity index (χ3n) is 9.08. The highest BCUT2D eigenvalue weighted by Crippen LogP contribution is 2.61. The zero-order valence-electron chi connectivity index (χ0n) is 20.6. The number of amides is 1. The zero-order chi connectivity index (χ0) is 23.7. The van der Waals surface area contributed by atoms with E-state index in [1.54, 1.807) is 0 Å². The highest BCUT2D eigenvalue weighted by Gasteiger charge is 2.53. The highest BCUT2D eigenvalue weighted by atomic mass is 16.3. The molecule has 1 N–H and O–H groups in total. The van der Waals surface area contributed by atoms with Gasteiger partial charge >= 0.3 is 0 Å². The Morgan fingerprint density at radius 3 is 2.37 bits per heavy atom. The molecule has 1 atom stereocenters. The van der Waals surface area contributed by atoms with E-state index in [0.29, 0.717) is 5.56 Å². The number of hydrogen-bond donors (Lipinski definition) is 1. The van der Waals surface area contributed by atoms with Crippen molar-refractivity contribution < 1.29 is 13.6 Å². The summed E-state index contributed by atoms with van der Waals surface area (Å²) in [6.07, 6.45) is 8.72. The number of furan rings is 2. The van der Waals surface area contributed by atoms with Crippen LogP contribution < -0.4 is 5.32 Å². The molecule has 8 rings (SSSR count). The fourth-order valence-electron chi connectivity index (χ4n) is 7.99. The van der Waals surface area contributed by atoms with Gasteiger partial charge in [0.05, 0.1) is 5.56 Å². The molecule has 180 valence electrons. The second kappa shape index (κ2) is 7.74. The summed E-state index contributed by atoms with van der Waals surface area (Å²) in [5.41, 5.74) is 3.88. The minimum atomic E-state index is -0.0235. The van der Waals surface area contributed by atoms with Crippen molar-refractivity contribution in [2.24, 2.45) is 17.8 Å². The normalized spacial score (nSPS) is 28.1. The number of aryl methyl sites for hydroxylation is 1. The van der Waals surface area contributed by atoms with E-state index in [-0.39, 0.29) is 17.4 Å². The monoisotopic (exact) mass is 467 g/mol. The van der Waals surface area contributed by atoms with Gasteiger partial charge in [-0.3, -0.25) is 4.79 Å². The van der Waals surface area contributed by atoms with E-state index in [0.717, 1.165) is 57.6 Å². The summed E-state index contributed by atoms with van der Waals surface area (Å²) in [6, 6.07) is 16.6. The highest BCUT2D eigenvalue weighted by molar-refractivity contribution is 6.05.